The van der Waals surface area contributed by atoms with Crippen LogP contribution in [0.15, 0.2) is 9.59 Å². The van der Waals surface area contributed by atoms with Gasteiger partial charge in [-0.15, -0.1) is 5.92 Å². The van der Waals surface area contributed by atoms with Gasteiger partial charge < -0.3 is 19.7 Å². The molecule has 0 atom stereocenters. The minimum Gasteiger partial charge on any atom is -0.468 e. The van der Waals surface area contributed by atoms with E-state index in [1.165, 1.54) is 7.11 Å². The molecule has 12 nitrogen and oxygen atoms in total. The summed E-state index contributed by atoms with van der Waals surface area (Å²) in [5.41, 5.74) is -1.46. The van der Waals surface area contributed by atoms with Crippen LogP contribution in [0.25, 0.3) is 11.2 Å². The van der Waals surface area contributed by atoms with Crippen molar-refractivity contribution in [3.8, 4) is 11.8 Å². The molecule has 31 heavy (non-hydrogen) atoms. The fourth-order valence-corrected chi connectivity index (χ4v) is 3.36. The van der Waals surface area contributed by atoms with E-state index in [2.05, 4.69) is 26.9 Å². The Morgan fingerprint density at radius 2 is 1.65 bits per heavy atom. The molecule has 0 aliphatic carbocycles. The van der Waals surface area contributed by atoms with Crippen LogP contribution >= 0.6 is 0 Å². The maximum absolute atomic E-state index is 13.3. The third-order valence-electron chi connectivity index (χ3n) is 4.94. The summed E-state index contributed by atoms with van der Waals surface area (Å²) < 4.78 is 12.7. The highest BCUT2D eigenvalue weighted by Crippen LogP contribution is 2.20. The van der Waals surface area contributed by atoms with Crippen molar-refractivity contribution < 1.29 is 19.1 Å². The summed E-state index contributed by atoms with van der Waals surface area (Å²) in [4.78, 5) is 56.7. The highest BCUT2D eigenvalue weighted by Gasteiger charge is 2.26. The molecule has 0 aromatic carbocycles. The van der Waals surface area contributed by atoms with Gasteiger partial charge in [0.05, 0.1) is 20.8 Å². The van der Waals surface area contributed by atoms with Crippen molar-refractivity contribution in [2.45, 2.75) is 26.6 Å². The molecule has 1 fully saturated rings. The quantitative estimate of drug-likeness (QED) is 0.412. The van der Waals surface area contributed by atoms with Gasteiger partial charge in [0.1, 0.15) is 13.1 Å². The maximum Gasteiger partial charge on any atom is 0.333 e. The zero-order valence-electron chi connectivity index (χ0n) is 17.6. The van der Waals surface area contributed by atoms with Gasteiger partial charge in [0, 0.05) is 26.2 Å². The van der Waals surface area contributed by atoms with E-state index in [9.17, 15) is 19.2 Å². The number of imidazole rings is 1. The molecule has 3 rings (SSSR count). The first kappa shape index (κ1) is 22.1. The lowest BCUT2D eigenvalue weighted by atomic mass is 10.4. The van der Waals surface area contributed by atoms with Gasteiger partial charge >= 0.3 is 17.6 Å². The van der Waals surface area contributed by atoms with Gasteiger partial charge in [-0.3, -0.25) is 23.5 Å². The summed E-state index contributed by atoms with van der Waals surface area (Å²) in [6.45, 7) is 3.49. The molecule has 12 heteroatoms. The number of fused-ring (bicyclic) bond motifs is 1. The number of carbonyl (C=O) groups is 2. The smallest absolute Gasteiger partial charge is 0.333 e. The third kappa shape index (κ3) is 4.31. The lowest BCUT2D eigenvalue weighted by Gasteiger charge is -2.28. The van der Waals surface area contributed by atoms with Crippen LogP contribution in [-0.2, 0) is 38.7 Å². The number of aromatic nitrogens is 4. The highest BCUT2D eigenvalue weighted by molar-refractivity contribution is 5.78. The van der Waals surface area contributed by atoms with Crippen molar-refractivity contribution in [3.05, 3.63) is 20.8 Å². The molecule has 0 radical (unpaired) electrons. The number of nitrogens with one attached hydrogen (secondary N) is 1. The van der Waals surface area contributed by atoms with Crippen LogP contribution in [0.3, 0.4) is 0 Å². The SMILES string of the molecule is CC#CCn1c(N2CCNCC2)nc2c1c(=O)n(CC(=O)OC)c(=O)n2CC(=O)OC. The molecule has 3 heterocycles. The van der Waals surface area contributed by atoms with E-state index in [1.54, 1.807) is 11.5 Å². The van der Waals surface area contributed by atoms with Crippen LogP contribution in [0.5, 0.6) is 0 Å². The summed E-state index contributed by atoms with van der Waals surface area (Å²) in [6.07, 6.45) is 0. The molecule has 0 amide bonds. The van der Waals surface area contributed by atoms with Crippen molar-refractivity contribution >= 4 is 29.1 Å². The second-order valence-corrected chi connectivity index (χ2v) is 6.75. The normalized spacial score (nSPS) is 13.6. The number of hydrogen-bond donors (Lipinski definition) is 1. The topological polar surface area (TPSA) is 130 Å². The average Bonchev–Trinajstić information content (AvgIpc) is 3.17. The molecule has 0 spiro atoms. The first-order chi connectivity index (χ1) is 14.9. The Morgan fingerprint density at radius 1 is 1.03 bits per heavy atom. The number of nitrogens with zero attached hydrogens (tertiary/aromatic N) is 5. The van der Waals surface area contributed by atoms with Crippen LogP contribution in [0.1, 0.15) is 6.92 Å². The Balaban J connectivity index is 2.35. The average molecular weight is 432 g/mol. The monoisotopic (exact) mass is 432 g/mol. The van der Waals surface area contributed by atoms with Gasteiger partial charge in [0.2, 0.25) is 5.95 Å². The summed E-state index contributed by atoms with van der Waals surface area (Å²) in [5, 5.41) is 3.24. The number of esters is 2. The molecular formula is C19H24N6O6. The van der Waals surface area contributed by atoms with E-state index in [0.717, 1.165) is 29.3 Å². The molecular weight excluding hydrogens is 408 g/mol. The molecule has 1 saturated heterocycles. The third-order valence-corrected chi connectivity index (χ3v) is 4.94. The van der Waals surface area contributed by atoms with Crippen molar-refractivity contribution in [3.63, 3.8) is 0 Å². The molecule has 166 valence electrons. The predicted octanol–water partition coefficient (Wildman–Crippen LogP) is -1.86. The van der Waals surface area contributed by atoms with E-state index in [1.807, 2.05) is 4.90 Å². The predicted molar refractivity (Wildman–Crippen MR) is 111 cm³/mol. The maximum atomic E-state index is 13.3. The van der Waals surface area contributed by atoms with E-state index < -0.39 is 36.3 Å². The van der Waals surface area contributed by atoms with E-state index in [4.69, 9.17) is 4.74 Å². The van der Waals surface area contributed by atoms with Gasteiger partial charge in [-0.2, -0.15) is 4.98 Å². The van der Waals surface area contributed by atoms with Gasteiger partial charge in [0.15, 0.2) is 11.2 Å². The standard InChI is InChI=1S/C19H24N6O6/c1-4-5-8-23-15-16(21-18(23)22-9-6-20-7-10-22)24(11-13(26)30-2)19(29)25(17(15)28)12-14(27)31-3/h20H,6-12H2,1-3H3. The largest absolute Gasteiger partial charge is 0.468 e. The molecule has 2 aromatic rings. The second-order valence-electron chi connectivity index (χ2n) is 6.75. The lowest BCUT2D eigenvalue weighted by Crippen LogP contribution is -2.44. The molecule has 0 unspecified atom stereocenters. The number of rotatable bonds is 6. The van der Waals surface area contributed by atoms with Crippen molar-refractivity contribution in [1.82, 2.24) is 24.0 Å². The summed E-state index contributed by atoms with van der Waals surface area (Å²) in [5.74, 6) is 4.70. The summed E-state index contributed by atoms with van der Waals surface area (Å²) in [7, 11) is 2.35. The number of ether oxygens (including phenoxy) is 2. The van der Waals surface area contributed by atoms with Gasteiger partial charge in [-0.1, -0.05) is 5.92 Å². The lowest BCUT2D eigenvalue weighted by molar-refractivity contribution is -0.141. The molecule has 0 bridgehead atoms. The minimum absolute atomic E-state index is 0.0351. The molecule has 1 aliphatic heterocycles. The van der Waals surface area contributed by atoms with E-state index >= 15 is 0 Å². The first-order valence-corrected chi connectivity index (χ1v) is 9.65. The Morgan fingerprint density at radius 3 is 2.23 bits per heavy atom. The van der Waals surface area contributed by atoms with Crippen molar-refractivity contribution in [1.29, 1.82) is 0 Å². The van der Waals surface area contributed by atoms with Crippen LogP contribution in [0.4, 0.5) is 5.95 Å². The van der Waals surface area contributed by atoms with Crippen LogP contribution in [0.2, 0.25) is 0 Å². The summed E-state index contributed by atoms with van der Waals surface area (Å²) >= 11 is 0. The van der Waals surface area contributed by atoms with Crippen LogP contribution < -0.4 is 21.5 Å². The highest BCUT2D eigenvalue weighted by atomic mass is 16.5. The Hall–Kier alpha value is -3.59. The Labute approximate surface area is 177 Å². The Bertz CT molecular complexity index is 1170. The fourth-order valence-electron chi connectivity index (χ4n) is 3.36. The number of methoxy groups -OCH3 is 2. The number of piperazine rings is 1. The van der Waals surface area contributed by atoms with Gasteiger partial charge in [-0.25, -0.2) is 9.36 Å². The number of hydrogen-bond acceptors (Lipinski definition) is 9. The minimum atomic E-state index is -0.855. The zero-order chi connectivity index (χ0) is 22.5. The van der Waals surface area contributed by atoms with Crippen LogP contribution in [0, 0.1) is 11.8 Å². The zero-order valence-corrected chi connectivity index (χ0v) is 17.6. The number of carbonyl (C=O) groups excluding carboxylic acids is 2. The van der Waals surface area contributed by atoms with E-state index in [0.29, 0.717) is 19.0 Å². The van der Waals surface area contributed by atoms with Gasteiger partial charge in [-0.05, 0) is 6.92 Å². The molecule has 1 N–H and O–H groups in total. The molecule has 1 aliphatic rings. The summed E-state index contributed by atoms with van der Waals surface area (Å²) in [6, 6.07) is 0. The number of anilines is 1. The molecule has 0 saturated carbocycles. The Kier molecular flexibility index (Phi) is 6.76. The van der Waals surface area contributed by atoms with Gasteiger partial charge in [0.25, 0.3) is 5.56 Å². The fraction of sp³-hybridized carbons (Fsp3) is 0.526. The van der Waals surface area contributed by atoms with E-state index in [-0.39, 0.29) is 17.7 Å². The first-order valence-electron chi connectivity index (χ1n) is 9.65. The molecule has 2 aromatic heterocycles. The second kappa shape index (κ2) is 9.48. The van der Waals surface area contributed by atoms with Crippen LogP contribution in [-0.4, -0.2) is 71.0 Å². The van der Waals surface area contributed by atoms with Crippen molar-refractivity contribution in [2.24, 2.45) is 0 Å². The van der Waals surface area contributed by atoms with Crippen molar-refractivity contribution in [2.75, 3.05) is 45.3 Å².